The highest BCUT2D eigenvalue weighted by atomic mass is 19.4. The van der Waals surface area contributed by atoms with Crippen molar-refractivity contribution in [2.24, 2.45) is 0 Å². The fourth-order valence-electron chi connectivity index (χ4n) is 0.189. The van der Waals surface area contributed by atoms with Gasteiger partial charge >= 0.3 is 12.4 Å². The molecule has 0 rings (SSSR count). The molecular formula is C4H2F6. The molecule has 0 atom stereocenters. The minimum atomic E-state index is -4.89. The van der Waals surface area contributed by atoms with Gasteiger partial charge in [0.05, 0.1) is 0 Å². The number of hydrogen-bond acceptors (Lipinski definition) is 0. The van der Waals surface area contributed by atoms with Gasteiger partial charge in [-0.05, 0) is 0 Å². The zero-order valence-corrected chi connectivity index (χ0v) is 4.42. The molecule has 0 aliphatic heterocycles. The number of halogens is 6. The molecule has 0 unspecified atom stereocenters. The monoisotopic (exact) mass is 164 g/mol. The summed E-state index contributed by atoms with van der Waals surface area (Å²) in [5.74, 6) is 0. The van der Waals surface area contributed by atoms with Gasteiger partial charge in [-0.25, -0.2) is 0 Å². The summed E-state index contributed by atoms with van der Waals surface area (Å²) in [5, 5.41) is 0. The van der Waals surface area contributed by atoms with Gasteiger partial charge in [0.1, 0.15) is 0 Å². The molecule has 0 aromatic heterocycles. The third kappa shape index (κ3) is 7.32. The van der Waals surface area contributed by atoms with Crippen molar-refractivity contribution in [1.82, 2.24) is 0 Å². The van der Waals surface area contributed by atoms with Crippen molar-refractivity contribution in [2.45, 2.75) is 12.4 Å². The van der Waals surface area contributed by atoms with Crippen molar-refractivity contribution in [3.05, 3.63) is 12.2 Å². The van der Waals surface area contributed by atoms with Crippen molar-refractivity contribution in [3.63, 3.8) is 0 Å². The number of allylic oxidation sites excluding steroid dienone is 2. The van der Waals surface area contributed by atoms with Gasteiger partial charge in [0.25, 0.3) is 0 Å². The molecule has 0 nitrogen and oxygen atoms in total. The molecule has 0 aromatic carbocycles. The van der Waals surface area contributed by atoms with Crippen molar-refractivity contribution >= 4 is 0 Å². The van der Waals surface area contributed by atoms with Gasteiger partial charge in [0.2, 0.25) is 0 Å². The molecule has 0 amide bonds. The molecule has 10 heavy (non-hydrogen) atoms. The Morgan fingerprint density at radius 1 is 0.600 bits per heavy atom. The number of alkyl halides is 6. The second kappa shape index (κ2) is 2.51. The van der Waals surface area contributed by atoms with Crippen LogP contribution >= 0.6 is 0 Å². The maximum Gasteiger partial charge on any atom is 0.409 e. The van der Waals surface area contributed by atoms with Crippen molar-refractivity contribution < 1.29 is 26.3 Å². The van der Waals surface area contributed by atoms with Crippen LogP contribution in [0, 0.1) is 0 Å². The predicted octanol–water partition coefficient (Wildman–Crippen LogP) is 2.67. The summed E-state index contributed by atoms with van der Waals surface area (Å²) in [7, 11) is 0. The normalized spacial score (nSPS) is 14.6. The highest BCUT2D eigenvalue weighted by Crippen LogP contribution is 2.22. The van der Waals surface area contributed by atoms with Crippen LogP contribution < -0.4 is 0 Å². The predicted molar refractivity (Wildman–Crippen MR) is 21.2 cm³/mol. The third-order valence-corrected chi connectivity index (χ3v) is 0.461. The van der Waals surface area contributed by atoms with E-state index >= 15 is 0 Å². The summed E-state index contributed by atoms with van der Waals surface area (Å²) >= 11 is 0. The van der Waals surface area contributed by atoms with E-state index in [2.05, 4.69) is 0 Å². The van der Waals surface area contributed by atoms with Crippen LogP contribution in [-0.4, -0.2) is 12.4 Å². The molecule has 0 aromatic rings. The fraction of sp³-hybridized carbons (Fsp3) is 0.500. The van der Waals surface area contributed by atoms with E-state index in [4.69, 9.17) is 0 Å². The van der Waals surface area contributed by atoms with E-state index in [1.165, 1.54) is 0 Å². The lowest BCUT2D eigenvalue weighted by atomic mass is 10.5. The first kappa shape index (κ1) is 9.32. The van der Waals surface area contributed by atoms with Gasteiger partial charge < -0.3 is 0 Å². The van der Waals surface area contributed by atoms with Crippen molar-refractivity contribution in [1.29, 1.82) is 0 Å². The first-order valence-electron chi connectivity index (χ1n) is 2.04. The molecule has 0 radical (unpaired) electrons. The molecule has 0 bridgehead atoms. The van der Waals surface area contributed by atoms with Crippen LogP contribution in [0.15, 0.2) is 12.2 Å². The summed E-state index contributed by atoms with van der Waals surface area (Å²) in [5.41, 5.74) is 0. The van der Waals surface area contributed by atoms with Crippen LogP contribution in [0.4, 0.5) is 26.3 Å². The second-order valence-corrected chi connectivity index (χ2v) is 1.42. The zero-order valence-electron chi connectivity index (χ0n) is 4.42. The summed E-state index contributed by atoms with van der Waals surface area (Å²) in [6, 6.07) is 0. The van der Waals surface area contributed by atoms with Crippen LogP contribution in [0.25, 0.3) is 0 Å². The SMILES string of the molecule is FC(F)(F)C=CC(F)(F)F. The topological polar surface area (TPSA) is 0 Å². The Bertz CT molecular complexity index is 110. The van der Waals surface area contributed by atoms with E-state index < -0.39 is 24.5 Å². The highest BCUT2D eigenvalue weighted by molar-refractivity contribution is 4.93. The molecule has 0 N–H and O–H groups in total. The maximum absolute atomic E-state index is 11.0. The Morgan fingerprint density at radius 2 is 0.800 bits per heavy atom. The summed E-state index contributed by atoms with van der Waals surface area (Å²) < 4.78 is 66.0. The van der Waals surface area contributed by atoms with E-state index in [0.717, 1.165) is 0 Å². The minimum Gasteiger partial charge on any atom is -0.167 e. The van der Waals surface area contributed by atoms with Gasteiger partial charge in [-0.1, -0.05) is 0 Å². The first-order valence-corrected chi connectivity index (χ1v) is 2.04. The van der Waals surface area contributed by atoms with E-state index in [-0.39, 0.29) is 0 Å². The van der Waals surface area contributed by atoms with E-state index in [1.807, 2.05) is 0 Å². The highest BCUT2D eigenvalue weighted by Gasteiger charge is 2.29. The van der Waals surface area contributed by atoms with Crippen LogP contribution in [0.1, 0.15) is 0 Å². The van der Waals surface area contributed by atoms with Crippen LogP contribution in [-0.2, 0) is 0 Å². The fourth-order valence-corrected chi connectivity index (χ4v) is 0.189. The average Bonchev–Trinajstić information content (AvgIpc) is 1.57. The average molecular weight is 164 g/mol. The van der Waals surface area contributed by atoms with Gasteiger partial charge in [0.15, 0.2) is 0 Å². The van der Waals surface area contributed by atoms with Crippen molar-refractivity contribution in [3.8, 4) is 0 Å². The van der Waals surface area contributed by atoms with E-state index in [9.17, 15) is 26.3 Å². The molecule has 0 saturated carbocycles. The van der Waals surface area contributed by atoms with E-state index in [0.29, 0.717) is 0 Å². The first-order chi connectivity index (χ1) is 4.21. The van der Waals surface area contributed by atoms with Gasteiger partial charge in [0, 0.05) is 12.2 Å². The molecular weight excluding hydrogens is 162 g/mol. The summed E-state index contributed by atoms with van der Waals surface area (Å²) in [4.78, 5) is 0. The molecule has 60 valence electrons. The lowest BCUT2D eigenvalue weighted by Crippen LogP contribution is -2.07. The largest absolute Gasteiger partial charge is 0.409 e. The Balaban J connectivity index is 4.01. The van der Waals surface area contributed by atoms with Crippen LogP contribution in [0.2, 0.25) is 0 Å². The molecule has 0 spiro atoms. The lowest BCUT2D eigenvalue weighted by molar-refractivity contribution is -0.0981. The minimum absolute atomic E-state index is 0.854. The van der Waals surface area contributed by atoms with Gasteiger partial charge in [-0.15, -0.1) is 0 Å². The van der Waals surface area contributed by atoms with E-state index in [1.54, 1.807) is 0 Å². The number of hydrogen-bond donors (Lipinski definition) is 0. The summed E-state index contributed by atoms with van der Waals surface area (Å²) in [6.45, 7) is 0. The Morgan fingerprint density at radius 3 is 0.900 bits per heavy atom. The lowest BCUT2D eigenvalue weighted by Gasteiger charge is -1.99. The van der Waals surface area contributed by atoms with Crippen LogP contribution in [0.5, 0.6) is 0 Å². The maximum atomic E-state index is 11.0. The Labute approximate surface area is 52.1 Å². The Hall–Kier alpha value is -0.680. The molecule has 0 aliphatic carbocycles. The molecule has 0 saturated heterocycles. The molecule has 0 fully saturated rings. The Kier molecular flexibility index (Phi) is 2.34. The summed E-state index contributed by atoms with van der Waals surface area (Å²) in [6.07, 6.45) is -11.5. The smallest absolute Gasteiger partial charge is 0.167 e. The zero-order chi connectivity index (χ0) is 8.41. The quantitative estimate of drug-likeness (QED) is 0.381. The van der Waals surface area contributed by atoms with Crippen LogP contribution in [0.3, 0.4) is 0 Å². The third-order valence-electron chi connectivity index (χ3n) is 0.461. The molecule has 0 heterocycles. The standard InChI is InChI=1S/C4H2F6/c5-3(6,7)1-2-4(8,9)10/h1-2H. The molecule has 6 heteroatoms. The van der Waals surface area contributed by atoms with Crippen molar-refractivity contribution in [2.75, 3.05) is 0 Å². The molecule has 0 aliphatic rings. The van der Waals surface area contributed by atoms with Gasteiger partial charge in [-0.3, -0.25) is 0 Å². The second-order valence-electron chi connectivity index (χ2n) is 1.42. The number of rotatable bonds is 0. The van der Waals surface area contributed by atoms with Gasteiger partial charge in [-0.2, -0.15) is 26.3 Å².